The fourth-order valence-electron chi connectivity index (χ4n) is 0.762. The van der Waals surface area contributed by atoms with E-state index in [4.69, 9.17) is 0 Å². The quantitative estimate of drug-likeness (QED) is 0.632. The van der Waals surface area contributed by atoms with Gasteiger partial charge in [0.1, 0.15) is 0 Å². The predicted molar refractivity (Wildman–Crippen MR) is 60.2 cm³/mol. The number of halogens is 1. The van der Waals surface area contributed by atoms with Crippen molar-refractivity contribution in [2.45, 2.75) is 32.7 Å². The SMILES string of the molecule is CC(C)(C)NS(=O)(=O)CCCI. The highest BCUT2D eigenvalue weighted by Crippen LogP contribution is 2.03. The van der Waals surface area contributed by atoms with Crippen LogP contribution in [0.1, 0.15) is 27.2 Å². The van der Waals surface area contributed by atoms with Gasteiger partial charge >= 0.3 is 0 Å². The third-order valence-electron chi connectivity index (χ3n) is 1.01. The molecule has 12 heavy (non-hydrogen) atoms. The van der Waals surface area contributed by atoms with E-state index < -0.39 is 10.0 Å². The summed E-state index contributed by atoms with van der Waals surface area (Å²) in [6.45, 7) is 5.53. The number of rotatable bonds is 4. The average molecular weight is 305 g/mol. The molecule has 0 amide bonds. The van der Waals surface area contributed by atoms with Gasteiger partial charge in [0, 0.05) is 9.97 Å². The van der Waals surface area contributed by atoms with Crippen LogP contribution in [0.5, 0.6) is 0 Å². The Morgan fingerprint density at radius 2 is 1.83 bits per heavy atom. The molecule has 74 valence electrons. The average Bonchev–Trinajstić information content (AvgIpc) is 1.78. The molecule has 0 aliphatic carbocycles. The molecule has 0 spiro atoms. The molecule has 0 aliphatic rings. The Bertz CT molecular complexity index is 218. The lowest BCUT2D eigenvalue weighted by Crippen LogP contribution is -2.41. The highest BCUT2D eigenvalue weighted by atomic mass is 127. The molecule has 0 fully saturated rings. The second-order valence-corrected chi connectivity index (χ2v) is 6.63. The molecule has 3 nitrogen and oxygen atoms in total. The number of hydrogen-bond donors (Lipinski definition) is 1. The molecule has 0 aromatic carbocycles. The molecule has 0 atom stereocenters. The largest absolute Gasteiger partial charge is 0.212 e. The second-order valence-electron chi connectivity index (χ2n) is 3.71. The number of hydrogen-bond acceptors (Lipinski definition) is 2. The predicted octanol–water partition coefficient (Wildman–Crippen LogP) is 1.53. The van der Waals surface area contributed by atoms with E-state index in [0.29, 0.717) is 6.42 Å². The first-order valence-corrected chi connectivity index (χ1v) is 7.02. The Kier molecular flexibility index (Phi) is 5.01. The van der Waals surface area contributed by atoms with E-state index in [9.17, 15) is 8.42 Å². The fraction of sp³-hybridized carbons (Fsp3) is 1.00. The minimum absolute atomic E-state index is 0.229. The van der Waals surface area contributed by atoms with Crippen LogP contribution in [0.2, 0.25) is 0 Å². The molecular weight excluding hydrogens is 289 g/mol. The Hall–Kier alpha value is 0.640. The molecule has 0 rings (SSSR count). The minimum Gasteiger partial charge on any atom is -0.212 e. The van der Waals surface area contributed by atoms with Crippen LogP contribution in [0.4, 0.5) is 0 Å². The summed E-state index contributed by atoms with van der Waals surface area (Å²) >= 11 is 2.17. The molecule has 0 aromatic heterocycles. The Balaban J connectivity index is 4.06. The van der Waals surface area contributed by atoms with E-state index in [-0.39, 0.29) is 11.3 Å². The Morgan fingerprint density at radius 3 is 2.17 bits per heavy atom. The zero-order chi connectivity index (χ0) is 9.83. The maximum Gasteiger partial charge on any atom is 0.212 e. The van der Waals surface area contributed by atoms with Crippen LogP contribution in [0.3, 0.4) is 0 Å². The van der Waals surface area contributed by atoms with Crippen LogP contribution in [-0.2, 0) is 10.0 Å². The highest BCUT2D eigenvalue weighted by molar-refractivity contribution is 14.1. The van der Waals surface area contributed by atoms with Crippen LogP contribution in [-0.4, -0.2) is 24.1 Å². The first-order chi connectivity index (χ1) is 5.27. The van der Waals surface area contributed by atoms with Gasteiger partial charge < -0.3 is 0 Å². The van der Waals surface area contributed by atoms with Crippen molar-refractivity contribution in [1.82, 2.24) is 4.72 Å². The first kappa shape index (κ1) is 12.6. The van der Waals surface area contributed by atoms with Gasteiger partial charge in [-0.1, -0.05) is 22.6 Å². The van der Waals surface area contributed by atoms with E-state index in [1.165, 1.54) is 0 Å². The van der Waals surface area contributed by atoms with Gasteiger partial charge in [-0.2, -0.15) is 0 Å². The molecule has 0 saturated carbocycles. The van der Waals surface area contributed by atoms with Gasteiger partial charge in [0.25, 0.3) is 0 Å². The molecule has 0 aliphatic heterocycles. The van der Waals surface area contributed by atoms with Crippen LogP contribution < -0.4 is 4.72 Å². The molecule has 0 heterocycles. The standard InChI is InChI=1S/C7H16INO2S/c1-7(2,3)9-12(10,11)6-4-5-8/h9H,4-6H2,1-3H3. The zero-order valence-corrected chi connectivity index (χ0v) is 10.7. The van der Waals surface area contributed by atoms with Crippen molar-refractivity contribution in [3.63, 3.8) is 0 Å². The molecule has 1 N–H and O–H groups in total. The van der Waals surface area contributed by atoms with Crippen molar-refractivity contribution in [2.75, 3.05) is 10.2 Å². The van der Waals surface area contributed by atoms with Gasteiger partial charge in [-0.05, 0) is 27.2 Å². The highest BCUT2D eigenvalue weighted by Gasteiger charge is 2.18. The Morgan fingerprint density at radius 1 is 1.33 bits per heavy atom. The van der Waals surface area contributed by atoms with E-state index in [1.54, 1.807) is 0 Å². The number of alkyl halides is 1. The fourth-order valence-corrected chi connectivity index (χ4v) is 3.22. The van der Waals surface area contributed by atoms with Gasteiger partial charge in [0.2, 0.25) is 10.0 Å². The zero-order valence-electron chi connectivity index (χ0n) is 7.72. The van der Waals surface area contributed by atoms with Gasteiger partial charge in [0.15, 0.2) is 0 Å². The van der Waals surface area contributed by atoms with Crippen LogP contribution >= 0.6 is 22.6 Å². The minimum atomic E-state index is -3.06. The lowest BCUT2D eigenvalue weighted by Gasteiger charge is -2.19. The van der Waals surface area contributed by atoms with Gasteiger partial charge in [-0.3, -0.25) is 0 Å². The third kappa shape index (κ3) is 7.30. The summed E-state index contributed by atoms with van der Waals surface area (Å²) in [6, 6.07) is 0. The van der Waals surface area contributed by atoms with Gasteiger partial charge in [-0.15, -0.1) is 0 Å². The van der Waals surface area contributed by atoms with E-state index in [2.05, 4.69) is 27.3 Å². The Labute approximate surface area is 88.5 Å². The van der Waals surface area contributed by atoms with E-state index >= 15 is 0 Å². The smallest absolute Gasteiger partial charge is 0.212 e. The molecule has 5 heteroatoms. The molecule has 0 unspecified atom stereocenters. The monoisotopic (exact) mass is 305 g/mol. The van der Waals surface area contributed by atoms with Crippen LogP contribution in [0.25, 0.3) is 0 Å². The van der Waals surface area contributed by atoms with Crippen molar-refractivity contribution in [3.8, 4) is 0 Å². The maximum atomic E-state index is 11.3. The number of sulfonamides is 1. The van der Waals surface area contributed by atoms with Crippen LogP contribution in [0, 0.1) is 0 Å². The van der Waals surface area contributed by atoms with Crippen molar-refractivity contribution in [2.24, 2.45) is 0 Å². The molecule has 0 bridgehead atoms. The summed E-state index contributed by atoms with van der Waals surface area (Å²) < 4.78 is 26.1. The van der Waals surface area contributed by atoms with Crippen molar-refractivity contribution in [3.05, 3.63) is 0 Å². The van der Waals surface area contributed by atoms with Crippen molar-refractivity contribution in [1.29, 1.82) is 0 Å². The van der Waals surface area contributed by atoms with Gasteiger partial charge in [0.05, 0.1) is 5.75 Å². The lowest BCUT2D eigenvalue weighted by molar-refractivity contribution is 0.491. The molecule has 0 saturated heterocycles. The molecular formula is C7H16INO2S. The summed E-state index contributed by atoms with van der Waals surface area (Å²) in [5.74, 6) is 0.229. The van der Waals surface area contributed by atoms with Crippen molar-refractivity contribution < 1.29 is 8.42 Å². The lowest BCUT2D eigenvalue weighted by atomic mass is 10.1. The second kappa shape index (κ2) is 4.76. The summed E-state index contributed by atoms with van der Waals surface area (Å²) in [4.78, 5) is 0. The molecule has 0 aromatic rings. The first-order valence-electron chi connectivity index (χ1n) is 3.84. The normalized spacial score (nSPS) is 13.3. The van der Waals surface area contributed by atoms with Gasteiger partial charge in [-0.25, -0.2) is 13.1 Å². The summed E-state index contributed by atoms with van der Waals surface area (Å²) in [7, 11) is -3.06. The van der Waals surface area contributed by atoms with E-state index in [0.717, 1.165) is 4.43 Å². The summed E-state index contributed by atoms with van der Waals surface area (Å²) in [5.41, 5.74) is -0.357. The number of nitrogens with one attached hydrogen (secondary N) is 1. The molecule has 0 radical (unpaired) electrons. The third-order valence-corrected chi connectivity index (χ3v) is 3.52. The summed E-state index contributed by atoms with van der Waals surface area (Å²) in [5, 5.41) is 0. The topological polar surface area (TPSA) is 46.2 Å². The van der Waals surface area contributed by atoms with Crippen molar-refractivity contribution >= 4 is 32.6 Å². The summed E-state index contributed by atoms with van der Waals surface area (Å²) in [6.07, 6.45) is 0.714. The van der Waals surface area contributed by atoms with E-state index in [1.807, 2.05) is 20.8 Å². The van der Waals surface area contributed by atoms with Crippen LogP contribution in [0.15, 0.2) is 0 Å². The maximum absolute atomic E-state index is 11.3.